The normalized spacial score (nSPS) is 9.06. The summed E-state index contributed by atoms with van der Waals surface area (Å²) < 4.78 is 0. The molecular formula is C25H27Cl2NOSiTi. The van der Waals surface area contributed by atoms with Gasteiger partial charge in [0.05, 0.1) is 5.91 Å². The predicted molar refractivity (Wildman–Crippen MR) is 124 cm³/mol. The van der Waals surface area contributed by atoms with Crippen LogP contribution in [0.2, 0.25) is 13.1 Å². The Morgan fingerprint density at radius 3 is 1.52 bits per heavy atom. The summed E-state index contributed by atoms with van der Waals surface area (Å²) in [5, 5.41) is 5.39. The molecule has 0 aliphatic rings. The number of aryl methyl sites for hydroxylation is 3. The topological polar surface area (TPSA) is 40.9 Å². The van der Waals surface area contributed by atoms with Crippen LogP contribution in [0.5, 0.6) is 0 Å². The van der Waals surface area contributed by atoms with E-state index in [-0.39, 0.29) is 46.5 Å². The van der Waals surface area contributed by atoms with Gasteiger partial charge in [-0.05, 0) is 31.9 Å². The molecule has 6 heteroatoms. The average molecular weight is 504 g/mol. The number of carbonyl (C=O) groups excluding carboxylic acids is 1. The third-order valence-electron chi connectivity index (χ3n) is 4.43. The van der Waals surface area contributed by atoms with Crippen LogP contribution in [0.1, 0.15) is 27.0 Å². The molecule has 0 spiro atoms. The van der Waals surface area contributed by atoms with Crippen molar-refractivity contribution in [1.82, 2.24) is 0 Å². The first-order valence-electron chi connectivity index (χ1n) is 9.34. The van der Waals surface area contributed by atoms with Crippen molar-refractivity contribution in [3.63, 3.8) is 0 Å². The Morgan fingerprint density at radius 2 is 1.16 bits per heavy atom. The van der Waals surface area contributed by atoms with Gasteiger partial charge < -0.3 is 35.3 Å². The first-order valence-corrected chi connectivity index (χ1v) is 11.3. The third kappa shape index (κ3) is 8.52. The number of benzene rings is 3. The fourth-order valence-electron chi connectivity index (χ4n) is 3.44. The molecule has 4 aromatic rings. The Labute approximate surface area is 215 Å². The first kappa shape index (κ1) is 31.7. The number of halogens is 2. The summed E-state index contributed by atoms with van der Waals surface area (Å²) in [6, 6.07) is 23.1. The molecule has 1 amide bonds. The molecule has 2 radical (unpaired) electrons. The van der Waals surface area contributed by atoms with E-state index >= 15 is 0 Å². The van der Waals surface area contributed by atoms with Gasteiger partial charge in [-0.25, -0.2) is 0 Å². The van der Waals surface area contributed by atoms with Crippen LogP contribution in [-0.4, -0.2) is 15.4 Å². The van der Waals surface area contributed by atoms with Crippen LogP contribution in [0.4, 0.5) is 0 Å². The summed E-state index contributed by atoms with van der Waals surface area (Å²) in [4.78, 5) is 10.9. The number of fused-ring (bicyclic) bond motifs is 3. The number of nitrogens with one attached hydrogen (secondary N) is 1. The minimum atomic E-state index is -0.593. The number of amides is 1. The van der Waals surface area contributed by atoms with Crippen molar-refractivity contribution in [1.29, 1.82) is 0 Å². The Hall–Kier alpha value is -1.49. The van der Waals surface area contributed by atoms with E-state index in [1.54, 1.807) is 0 Å². The van der Waals surface area contributed by atoms with Gasteiger partial charge in [0.15, 0.2) is 0 Å². The summed E-state index contributed by atoms with van der Waals surface area (Å²) in [5.74, 6) is -0.593. The molecule has 4 aromatic carbocycles. The third-order valence-corrected chi connectivity index (χ3v) is 4.43. The fourth-order valence-corrected chi connectivity index (χ4v) is 3.44. The van der Waals surface area contributed by atoms with E-state index in [0.717, 1.165) is 26.2 Å². The molecule has 0 aliphatic carbocycles. The molecule has 0 unspecified atom stereocenters. The first-order chi connectivity index (χ1) is 13.4. The van der Waals surface area contributed by atoms with E-state index in [1.165, 1.54) is 21.5 Å². The molecule has 0 saturated carbocycles. The van der Waals surface area contributed by atoms with E-state index in [4.69, 9.17) is 5.73 Å². The van der Waals surface area contributed by atoms with Crippen LogP contribution in [0.15, 0.2) is 66.7 Å². The van der Waals surface area contributed by atoms with Crippen molar-refractivity contribution in [3.05, 3.63) is 94.7 Å². The Morgan fingerprint density at radius 1 is 0.806 bits per heavy atom. The van der Waals surface area contributed by atoms with E-state index in [1.807, 2.05) is 32.9 Å². The molecule has 0 atom stereocenters. The van der Waals surface area contributed by atoms with Crippen LogP contribution in [0.25, 0.3) is 27.3 Å². The summed E-state index contributed by atoms with van der Waals surface area (Å²) in [7, 11) is 1.08. The molecule has 1 N–H and O–H groups in total. The maximum atomic E-state index is 10.9. The van der Waals surface area contributed by atoms with Crippen LogP contribution >= 0.6 is 0 Å². The second-order valence-corrected chi connectivity index (χ2v) is 7.92. The van der Waals surface area contributed by atoms with E-state index in [2.05, 4.69) is 67.7 Å². The van der Waals surface area contributed by atoms with Crippen molar-refractivity contribution in [3.8, 4) is 0 Å². The smallest absolute Gasteiger partial charge is 1.00 e. The zero-order valence-corrected chi connectivity index (χ0v) is 22.6. The molecule has 2 nitrogen and oxygen atoms in total. The number of rotatable bonds is 1. The van der Waals surface area contributed by atoms with Crippen molar-refractivity contribution >= 4 is 37.0 Å². The average Bonchev–Trinajstić information content (AvgIpc) is 3.00. The Balaban J connectivity index is 0. The standard InChI is InChI=1S/C13H9.C10H13NO.C2H6Si.2ClH.Ti/c1-3-7-12-10(5-1)9-11-6-2-4-8-13(11)12;1-6-4-7(2)9(10(11)12)8(3)5-6;1-3-2;;;/h1-9H;4-5H,1-3H3,(H2,11,12);1-2H3;2*1H;/q-1;;;;;+4/p-3. The molecule has 160 valence electrons. The minimum absolute atomic E-state index is 0. The maximum Gasteiger partial charge on any atom is 4.00 e. The summed E-state index contributed by atoms with van der Waals surface area (Å²) in [6.45, 7) is 10.0. The van der Waals surface area contributed by atoms with Gasteiger partial charge in [0.1, 0.15) is 0 Å². The van der Waals surface area contributed by atoms with Crippen LogP contribution in [0.3, 0.4) is 0 Å². The number of hydrogen-bond donors (Lipinski definition) is 0. The molecule has 4 rings (SSSR count). The Kier molecular flexibility index (Phi) is 15.7. The van der Waals surface area contributed by atoms with Gasteiger partial charge in [-0.1, -0.05) is 67.2 Å². The maximum absolute atomic E-state index is 10.9. The van der Waals surface area contributed by atoms with Gasteiger partial charge in [-0.3, -0.25) is 0 Å². The number of hydrogen-bond acceptors (Lipinski definition) is 1. The van der Waals surface area contributed by atoms with Gasteiger partial charge in [0.25, 0.3) is 0 Å². The monoisotopic (exact) mass is 503 g/mol. The van der Waals surface area contributed by atoms with Crippen molar-refractivity contribution < 1.29 is 51.3 Å². The van der Waals surface area contributed by atoms with Crippen LogP contribution in [-0.2, 0) is 21.7 Å². The summed E-state index contributed by atoms with van der Waals surface area (Å²) in [5.41, 5.74) is 10.5. The largest absolute Gasteiger partial charge is 4.00 e. The molecule has 0 heterocycles. The van der Waals surface area contributed by atoms with E-state index in [0.29, 0.717) is 5.56 Å². The van der Waals surface area contributed by atoms with Crippen LogP contribution in [0, 0.1) is 20.8 Å². The second-order valence-electron chi connectivity index (χ2n) is 6.92. The van der Waals surface area contributed by atoms with Gasteiger partial charge in [-0.2, -0.15) is 0 Å². The molecule has 0 aromatic heterocycles. The zero-order chi connectivity index (χ0) is 20.7. The molecule has 0 aliphatic heterocycles. The van der Waals surface area contributed by atoms with E-state index in [9.17, 15) is 4.79 Å². The van der Waals surface area contributed by atoms with Gasteiger partial charge in [0, 0.05) is 15.1 Å². The van der Waals surface area contributed by atoms with E-state index < -0.39 is 5.91 Å². The fraction of sp³-hybridized carbons (Fsp3) is 0.200. The predicted octanol–water partition coefficient (Wildman–Crippen LogP) is 1.31. The van der Waals surface area contributed by atoms with Crippen molar-refractivity contribution in [2.45, 2.75) is 33.9 Å². The molecule has 31 heavy (non-hydrogen) atoms. The quantitative estimate of drug-likeness (QED) is 0.285. The van der Waals surface area contributed by atoms with Gasteiger partial charge in [0.2, 0.25) is 0 Å². The Bertz CT molecular complexity index is 1020. The molecular weight excluding hydrogens is 477 g/mol. The molecule has 0 saturated heterocycles. The van der Waals surface area contributed by atoms with Gasteiger partial charge in [-0.15, -0.1) is 39.7 Å². The summed E-state index contributed by atoms with van der Waals surface area (Å²) >= 11 is 0. The number of carbonyl (C=O) groups is 1. The van der Waals surface area contributed by atoms with Gasteiger partial charge >= 0.3 is 21.7 Å². The molecule has 0 bridgehead atoms. The zero-order valence-electron chi connectivity index (χ0n) is 18.5. The SMILES string of the molecule is C[Si]C.Cc1cc(C)c(C([NH-])=O)c(C)c1.[Cl-].[Cl-].[Ti+4].c1ccc2c(c1)[cH-]c1ccccc12. The van der Waals surface area contributed by atoms with Crippen molar-refractivity contribution in [2.75, 3.05) is 0 Å². The van der Waals surface area contributed by atoms with Crippen LogP contribution < -0.4 is 24.8 Å². The van der Waals surface area contributed by atoms with Crippen molar-refractivity contribution in [2.24, 2.45) is 0 Å². The molecule has 0 fully saturated rings. The minimum Gasteiger partial charge on any atom is -1.00 e. The second kappa shape index (κ2) is 15.3. The summed E-state index contributed by atoms with van der Waals surface area (Å²) in [6.07, 6.45) is 0.